The minimum absolute atomic E-state index is 0. The van der Waals surface area contributed by atoms with Crippen LogP contribution in [0.1, 0.15) is 6.42 Å². The van der Waals surface area contributed by atoms with Crippen molar-refractivity contribution in [1.82, 2.24) is 5.32 Å². The standard InChI is InChI=1S/C5H8N2O2.ClH/c6-3-1-2-7-4(3)5(8)9;/h4,6-7H,1-2H2,(H,8,9);1H/t4-;/m0./s1. The highest BCUT2D eigenvalue weighted by Crippen LogP contribution is 1.99. The van der Waals surface area contributed by atoms with Gasteiger partial charge in [-0.05, 0) is 6.42 Å². The molecule has 1 heterocycles. The predicted molar refractivity (Wildman–Crippen MR) is 39.0 cm³/mol. The average molecular weight is 165 g/mol. The van der Waals surface area contributed by atoms with Crippen LogP contribution in [0.4, 0.5) is 0 Å². The number of halogens is 1. The van der Waals surface area contributed by atoms with Gasteiger partial charge in [-0.3, -0.25) is 10.1 Å². The maximum Gasteiger partial charge on any atom is 0.326 e. The van der Waals surface area contributed by atoms with Crippen LogP contribution in [0.15, 0.2) is 0 Å². The number of carbonyl (C=O) groups is 1. The zero-order valence-electron chi connectivity index (χ0n) is 5.26. The van der Waals surface area contributed by atoms with Crippen LogP contribution in [0.5, 0.6) is 0 Å². The van der Waals surface area contributed by atoms with Crippen LogP contribution in [0.2, 0.25) is 0 Å². The Balaban J connectivity index is 0.000000810. The third-order valence-electron chi connectivity index (χ3n) is 1.34. The first-order chi connectivity index (χ1) is 4.22. The molecule has 5 heteroatoms. The van der Waals surface area contributed by atoms with Crippen LogP contribution < -0.4 is 5.32 Å². The van der Waals surface area contributed by atoms with Crippen LogP contribution in [-0.4, -0.2) is 29.4 Å². The van der Waals surface area contributed by atoms with Crippen LogP contribution in [0, 0.1) is 5.41 Å². The van der Waals surface area contributed by atoms with E-state index in [9.17, 15) is 4.79 Å². The summed E-state index contributed by atoms with van der Waals surface area (Å²) in [5.41, 5.74) is 0.280. The molecule has 0 aromatic rings. The average Bonchev–Trinajstić information content (AvgIpc) is 2.13. The topological polar surface area (TPSA) is 73.2 Å². The van der Waals surface area contributed by atoms with Crippen molar-refractivity contribution in [3.8, 4) is 0 Å². The Kier molecular flexibility index (Phi) is 3.32. The lowest BCUT2D eigenvalue weighted by Gasteiger charge is -2.01. The predicted octanol–water partition coefficient (Wildman–Crippen LogP) is -0.126. The Morgan fingerprint density at radius 3 is 2.60 bits per heavy atom. The van der Waals surface area contributed by atoms with Crippen LogP contribution in [-0.2, 0) is 4.79 Å². The van der Waals surface area contributed by atoms with E-state index in [2.05, 4.69) is 5.32 Å². The summed E-state index contributed by atoms with van der Waals surface area (Å²) in [6.45, 7) is 0.621. The molecule has 0 unspecified atom stereocenters. The molecule has 0 radical (unpaired) electrons. The first-order valence-electron chi connectivity index (χ1n) is 2.75. The Morgan fingerprint density at radius 2 is 2.40 bits per heavy atom. The molecule has 0 aromatic carbocycles. The lowest BCUT2D eigenvalue weighted by Crippen LogP contribution is -2.35. The van der Waals surface area contributed by atoms with E-state index in [1.54, 1.807) is 0 Å². The second kappa shape index (κ2) is 3.53. The summed E-state index contributed by atoms with van der Waals surface area (Å²) in [5.74, 6) is -0.947. The van der Waals surface area contributed by atoms with E-state index in [-0.39, 0.29) is 18.1 Å². The zero-order valence-corrected chi connectivity index (χ0v) is 6.07. The van der Waals surface area contributed by atoms with Gasteiger partial charge in [0.1, 0.15) is 6.04 Å². The molecule has 0 aliphatic carbocycles. The third-order valence-corrected chi connectivity index (χ3v) is 1.34. The number of aliphatic carboxylic acids is 1. The Labute approximate surface area is 64.5 Å². The molecule has 3 N–H and O–H groups in total. The maximum absolute atomic E-state index is 10.2. The summed E-state index contributed by atoms with van der Waals surface area (Å²) in [4.78, 5) is 10.2. The van der Waals surface area contributed by atoms with Crippen molar-refractivity contribution in [2.45, 2.75) is 12.5 Å². The van der Waals surface area contributed by atoms with Crippen molar-refractivity contribution in [3.63, 3.8) is 0 Å². The van der Waals surface area contributed by atoms with Gasteiger partial charge in [0.25, 0.3) is 0 Å². The summed E-state index contributed by atoms with van der Waals surface area (Å²) in [6, 6.07) is -0.718. The monoisotopic (exact) mass is 164 g/mol. The molecule has 0 saturated carbocycles. The minimum Gasteiger partial charge on any atom is -0.480 e. The normalized spacial score (nSPS) is 24.0. The highest BCUT2D eigenvalue weighted by molar-refractivity contribution is 6.05. The van der Waals surface area contributed by atoms with Crippen LogP contribution in [0.25, 0.3) is 0 Å². The van der Waals surface area contributed by atoms with E-state index in [0.29, 0.717) is 13.0 Å². The van der Waals surface area contributed by atoms with Gasteiger partial charge < -0.3 is 10.5 Å². The molecule has 0 aromatic heterocycles. The number of hydrogen-bond acceptors (Lipinski definition) is 3. The second-order valence-corrected chi connectivity index (χ2v) is 2.00. The van der Waals surface area contributed by atoms with Gasteiger partial charge in [0.2, 0.25) is 0 Å². The largest absolute Gasteiger partial charge is 0.480 e. The third kappa shape index (κ3) is 1.68. The maximum atomic E-state index is 10.2. The molecular formula is C5H9ClN2O2. The van der Waals surface area contributed by atoms with Crippen molar-refractivity contribution in [2.24, 2.45) is 0 Å². The zero-order chi connectivity index (χ0) is 6.85. The molecule has 1 fully saturated rings. The van der Waals surface area contributed by atoms with Gasteiger partial charge in [-0.1, -0.05) is 0 Å². The van der Waals surface area contributed by atoms with Gasteiger partial charge in [-0.25, -0.2) is 0 Å². The molecule has 4 nitrogen and oxygen atoms in total. The van der Waals surface area contributed by atoms with Gasteiger partial charge in [0, 0.05) is 12.3 Å². The van der Waals surface area contributed by atoms with Crippen molar-refractivity contribution >= 4 is 24.1 Å². The van der Waals surface area contributed by atoms with Crippen molar-refractivity contribution in [3.05, 3.63) is 0 Å². The number of carboxylic acid groups (broad SMARTS) is 1. The van der Waals surface area contributed by atoms with E-state index < -0.39 is 12.0 Å². The first kappa shape index (κ1) is 9.39. The van der Waals surface area contributed by atoms with Gasteiger partial charge in [-0.15, -0.1) is 12.4 Å². The highest BCUT2D eigenvalue weighted by atomic mass is 35.5. The molecule has 1 aliphatic rings. The summed E-state index contributed by atoms with van der Waals surface area (Å²) in [5, 5.41) is 18.2. The van der Waals surface area contributed by atoms with Gasteiger partial charge in [0.05, 0.1) is 0 Å². The molecule has 10 heavy (non-hydrogen) atoms. The van der Waals surface area contributed by atoms with Crippen molar-refractivity contribution < 1.29 is 9.90 Å². The molecule has 1 saturated heterocycles. The van der Waals surface area contributed by atoms with E-state index in [1.807, 2.05) is 0 Å². The summed E-state index contributed by atoms with van der Waals surface area (Å²) in [6.07, 6.45) is 0.566. The molecule has 1 rings (SSSR count). The minimum atomic E-state index is -0.947. The molecule has 58 valence electrons. The van der Waals surface area contributed by atoms with E-state index in [1.165, 1.54) is 0 Å². The second-order valence-electron chi connectivity index (χ2n) is 2.00. The molecular weight excluding hydrogens is 156 g/mol. The van der Waals surface area contributed by atoms with Gasteiger partial charge >= 0.3 is 5.97 Å². The summed E-state index contributed by atoms with van der Waals surface area (Å²) in [7, 11) is 0. The fraction of sp³-hybridized carbons (Fsp3) is 0.600. The van der Waals surface area contributed by atoms with Gasteiger partial charge in [0.15, 0.2) is 0 Å². The number of carboxylic acids is 1. The summed E-state index contributed by atoms with van der Waals surface area (Å²) >= 11 is 0. The molecule has 0 spiro atoms. The smallest absolute Gasteiger partial charge is 0.326 e. The fourth-order valence-corrected chi connectivity index (χ4v) is 0.855. The van der Waals surface area contributed by atoms with Crippen molar-refractivity contribution in [1.29, 1.82) is 5.41 Å². The number of nitrogens with one attached hydrogen (secondary N) is 2. The molecule has 1 atom stereocenters. The first-order valence-corrected chi connectivity index (χ1v) is 2.75. The highest BCUT2D eigenvalue weighted by Gasteiger charge is 2.26. The quantitative estimate of drug-likeness (QED) is 0.506. The van der Waals surface area contributed by atoms with E-state index in [4.69, 9.17) is 10.5 Å². The van der Waals surface area contributed by atoms with Crippen LogP contribution >= 0.6 is 12.4 Å². The Hall–Kier alpha value is -0.610. The molecule has 0 amide bonds. The summed E-state index contributed by atoms with van der Waals surface area (Å²) < 4.78 is 0. The Morgan fingerprint density at radius 1 is 1.80 bits per heavy atom. The lowest BCUT2D eigenvalue weighted by atomic mass is 10.2. The van der Waals surface area contributed by atoms with E-state index in [0.717, 1.165) is 0 Å². The van der Waals surface area contributed by atoms with Gasteiger partial charge in [-0.2, -0.15) is 0 Å². The Bertz CT molecular complexity index is 160. The number of hydrogen-bond donors (Lipinski definition) is 3. The van der Waals surface area contributed by atoms with E-state index >= 15 is 0 Å². The molecule has 1 aliphatic heterocycles. The lowest BCUT2D eigenvalue weighted by molar-refractivity contribution is -0.137. The fourth-order valence-electron chi connectivity index (χ4n) is 0.855. The number of rotatable bonds is 1. The van der Waals surface area contributed by atoms with Crippen molar-refractivity contribution in [2.75, 3.05) is 6.54 Å². The van der Waals surface area contributed by atoms with Crippen LogP contribution in [0.3, 0.4) is 0 Å². The SMILES string of the molecule is Cl.N=C1CCN[C@@H]1C(=O)O. The molecule has 0 bridgehead atoms.